The van der Waals surface area contributed by atoms with E-state index in [-0.39, 0.29) is 12.6 Å². The Morgan fingerprint density at radius 3 is 3.00 bits per heavy atom. The summed E-state index contributed by atoms with van der Waals surface area (Å²) in [4.78, 5) is 23.0. The van der Waals surface area contributed by atoms with E-state index in [1.807, 2.05) is 36.6 Å². The molecule has 1 aliphatic carbocycles. The van der Waals surface area contributed by atoms with Crippen LogP contribution in [0.25, 0.3) is 5.78 Å². The Labute approximate surface area is 138 Å². The van der Waals surface area contributed by atoms with Crippen molar-refractivity contribution in [1.29, 1.82) is 0 Å². The molecule has 0 spiro atoms. The van der Waals surface area contributed by atoms with Crippen LogP contribution in [0, 0.1) is 13.8 Å². The minimum absolute atomic E-state index is 0.170. The fraction of sp³-hybridized carbons (Fsp3) is 0.353. The van der Waals surface area contributed by atoms with Gasteiger partial charge in [0, 0.05) is 22.5 Å². The molecule has 23 heavy (non-hydrogen) atoms. The molecule has 0 unspecified atom stereocenters. The van der Waals surface area contributed by atoms with Crippen LogP contribution >= 0.6 is 11.3 Å². The zero-order valence-electron chi connectivity index (χ0n) is 13.1. The standard InChI is InChI=1S/C17H17N3O2S/c1-10-6-11(2)20-8-13(19-17(20)18-10)9-22-16(21)15-7-12-4-3-5-14(12)23-15/h6-8H,3-5,9H2,1-2H3. The molecule has 5 nitrogen and oxygen atoms in total. The molecule has 0 saturated carbocycles. The Morgan fingerprint density at radius 1 is 1.30 bits per heavy atom. The lowest BCUT2D eigenvalue weighted by molar-refractivity contribution is 0.0474. The first-order chi connectivity index (χ1) is 11.1. The summed E-state index contributed by atoms with van der Waals surface area (Å²) in [5, 5.41) is 0. The van der Waals surface area contributed by atoms with E-state index in [1.165, 1.54) is 16.9 Å². The summed E-state index contributed by atoms with van der Waals surface area (Å²) in [7, 11) is 0. The van der Waals surface area contributed by atoms with Crippen molar-refractivity contribution in [3.05, 3.63) is 50.7 Å². The van der Waals surface area contributed by atoms with Crippen molar-refractivity contribution in [3.63, 3.8) is 0 Å². The number of hydrogen-bond acceptors (Lipinski definition) is 5. The molecule has 0 fully saturated rings. The van der Waals surface area contributed by atoms with Gasteiger partial charge < -0.3 is 4.74 Å². The minimum atomic E-state index is -0.262. The van der Waals surface area contributed by atoms with E-state index in [4.69, 9.17) is 4.74 Å². The summed E-state index contributed by atoms with van der Waals surface area (Å²) in [6.45, 7) is 4.12. The molecule has 3 aromatic rings. The molecule has 0 N–H and O–H groups in total. The van der Waals surface area contributed by atoms with E-state index in [0.717, 1.165) is 24.2 Å². The lowest BCUT2D eigenvalue weighted by Crippen LogP contribution is -2.03. The maximum atomic E-state index is 12.2. The zero-order chi connectivity index (χ0) is 16.0. The SMILES string of the molecule is Cc1cc(C)n2cc(COC(=O)c3cc4c(s3)CCC4)nc2n1. The minimum Gasteiger partial charge on any atom is -0.455 e. The number of hydrogen-bond donors (Lipinski definition) is 0. The molecule has 4 rings (SSSR count). The molecular weight excluding hydrogens is 310 g/mol. The molecule has 0 aromatic carbocycles. The number of carbonyl (C=O) groups excluding carboxylic acids is 1. The van der Waals surface area contributed by atoms with Crippen LogP contribution in [0.5, 0.6) is 0 Å². The van der Waals surface area contributed by atoms with Gasteiger partial charge in [0.2, 0.25) is 5.78 Å². The van der Waals surface area contributed by atoms with Crippen LogP contribution in [0.1, 0.15) is 43.6 Å². The number of fused-ring (bicyclic) bond motifs is 2. The van der Waals surface area contributed by atoms with Gasteiger partial charge in [-0.3, -0.25) is 4.40 Å². The molecule has 0 atom stereocenters. The van der Waals surface area contributed by atoms with Gasteiger partial charge in [-0.05, 0) is 50.8 Å². The Morgan fingerprint density at radius 2 is 2.17 bits per heavy atom. The highest BCUT2D eigenvalue weighted by Gasteiger charge is 2.19. The topological polar surface area (TPSA) is 56.5 Å². The molecule has 3 aromatic heterocycles. The summed E-state index contributed by atoms with van der Waals surface area (Å²) in [6, 6.07) is 3.98. The van der Waals surface area contributed by atoms with Gasteiger partial charge in [-0.25, -0.2) is 14.8 Å². The second kappa shape index (κ2) is 5.45. The average molecular weight is 327 g/mol. The lowest BCUT2D eigenvalue weighted by atomic mass is 10.2. The van der Waals surface area contributed by atoms with Crippen molar-refractivity contribution in [1.82, 2.24) is 14.4 Å². The van der Waals surface area contributed by atoms with Gasteiger partial charge in [0.1, 0.15) is 11.5 Å². The van der Waals surface area contributed by atoms with Crippen LogP contribution in [-0.2, 0) is 24.2 Å². The summed E-state index contributed by atoms with van der Waals surface area (Å²) < 4.78 is 7.33. The van der Waals surface area contributed by atoms with Gasteiger partial charge in [-0.2, -0.15) is 0 Å². The highest BCUT2D eigenvalue weighted by atomic mass is 32.1. The first-order valence-corrected chi connectivity index (χ1v) is 8.53. The molecule has 118 valence electrons. The maximum Gasteiger partial charge on any atom is 0.348 e. The summed E-state index contributed by atoms with van der Waals surface area (Å²) >= 11 is 1.56. The van der Waals surface area contributed by atoms with Crippen LogP contribution < -0.4 is 0 Å². The quantitative estimate of drug-likeness (QED) is 0.693. The predicted molar refractivity (Wildman–Crippen MR) is 87.9 cm³/mol. The normalized spacial score (nSPS) is 13.5. The van der Waals surface area contributed by atoms with Crippen molar-refractivity contribution in [2.45, 2.75) is 39.7 Å². The van der Waals surface area contributed by atoms with Crippen molar-refractivity contribution >= 4 is 23.1 Å². The molecule has 0 saturated heterocycles. The van der Waals surface area contributed by atoms with E-state index in [2.05, 4.69) is 9.97 Å². The van der Waals surface area contributed by atoms with Gasteiger partial charge in [0.15, 0.2) is 0 Å². The third kappa shape index (κ3) is 2.63. The molecule has 0 radical (unpaired) electrons. The van der Waals surface area contributed by atoms with Gasteiger partial charge in [0.05, 0.1) is 5.69 Å². The molecule has 0 bridgehead atoms. The molecular formula is C17H17N3O2S. The molecule has 0 amide bonds. The van der Waals surface area contributed by atoms with Crippen LogP contribution in [0.2, 0.25) is 0 Å². The van der Waals surface area contributed by atoms with Gasteiger partial charge >= 0.3 is 5.97 Å². The number of carbonyl (C=O) groups is 1. The van der Waals surface area contributed by atoms with E-state index in [0.29, 0.717) is 16.3 Å². The Balaban J connectivity index is 1.50. The smallest absolute Gasteiger partial charge is 0.348 e. The van der Waals surface area contributed by atoms with Crippen molar-refractivity contribution < 1.29 is 9.53 Å². The first kappa shape index (κ1) is 14.4. The van der Waals surface area contributed by atoms with E-state index in [9.17, 15) is 4.79 Å². The molecule has 3 heterocycles. The van der Waals surface area contributed by atoms with Crippen LogP contribution in [0.3, 0.4) is 0 Å². The van der Waals surface area contributed by atoms with E-state index in [1.54, 1.807) is 11.3 Å². The predicted octanol–water partition coefficient (Wildman–Crippen LogP) is 3.25. The molecule has 6 heteroatoms. The number of esters is 1. The number of rotatable bonds is 3. The van der Waals surface area contributed by atoms with Crippen LogP contribution in [-0.4, -0.2) is 20.3 Å². The van der Waals surface area contributed by atoms with Crippen molar-refractivity contribution in [2.24, 2.45) is 0 Å². The number of imidazole rings is 1. The lowest BCUT2D eigenvalue weighted by Gasteiger charge is -2.00. The summed E-state index contributed by atoms with van der Waals surface area (Å²) in [5.41, 5.74) is 4.01. The summed E-state index contributed by atoms with van der Waals surface area (Å²) in [6.07, 6.45) is 5.24. The van der Waals surface area contributed by atoms with E-state index >= 15 is 0 Å². The van der Waals surface area contributed by atoms with Gasteiger partial charge in [-0.1, -0.05) is 0 Å². The van der Waals surface area contributed by atoms with Crippen molar-refractivity contribution in [2.75, 3.05) is 0 Å². The highest BCUT2D eigenvalue weighted by Crippen LogP contribution is 2.31. The number of thiophene rings is 1. The van der Waals surface area contributed by atoms with Crippen molar-refractivity contribution in [3.8, 4) is 0 Å². The van der Waals surface area contributed by atoms with Crippen LogP contribution in [0.15, 0.2) is 18.3 Å². The number of nitrogens with zero attached hydrogens (tertiary/aromatic N) is 3. The highest BCUT2D eigenvalue weighted by molar-refractivity contribution is 7.14. The monoisotopic (exact) mass is 327 g/mol. The van der Waals surface area contributed by atoms with Crippen LogP contribution in [0.4, 0.5) is 0 Å². The second-order valence-corrected chi connectivity index (χ2v) is 7.07. The Hall–Kier alpha value is -2.21. The number of aryl methyl sites for hydroxylation is 4. The van der Waals surface area contributed by atoms with Gasteiger partial charge in [-0.15, -0.1) is 11.3 Å². The largest absolute Gasteiger partial charge is 0.455 e. The zero-order valence-corrected chi connectivity index (χ0v) is 13.9. The maximum absolute atomic E-state index is 12.2. The van der Waals surface area contributed by atoms with E-state index < -0.39 is 0 Å². The number of aromatic nitrogens is 3. The molecule has 0 aliphatic heterocycles. The molecule has 1 aliphatic rings. The Kier molecular flexibility index (Phi) is 3.41. The Bertz CT molecular complexity index is 889. The average Bonchev–Trinajstić information content (AvgIpc) is 3.17. The summed E-state index contributed by atoms with van der Waals surface area (Å²) in [5.74, 6) is 0.381. The third-order valence-corrected chi connectivity index (χ3v) is 5.33. The fourth-order valence-corrected chi connectivity index (χ4v) is 4.18. The van der Waals surface area contributed by atoms with Gasteiger partial charge in [0.25, 0.3) is 0 Å². The fourth-order valence-electron chi connectivity index (χ4n) is 3.03. The second-order valence-electron chi connectivity index (χ2n) is 5.93. The number of ether oxygens (including phenoxy) is 1. The third-order valence-electron chi connectivity index (χ3n) is 4.11. The first-order valence-electron chi connectivity index (χ1n) is 7.71.